The maximum atomic E-state index is 12.1. The Morgan fingerprint density at radius 3 is 2.32 bits per heavy atom. The van der Waals surface area contributed by atoms with Crippen LogP contribution in [-0.4, -0.2) is 55.0 Å². The molecule has 5 nitrogen and oxygen atoms in total. The summed E-state index contributed by atoms with van der Waals surface area (Å²) in [5.74, 6) is 0.870. The molecule has 0 bridgehead atoms. The summed E-state index contributed by atoms with van der Waals surface area (Å²) in [7, 11) is 0. The molecule has 28 heavy (non-hydrogen) atoms. The Kier molecular flexibility index (Phi) is 7.88. The second-order valence-corrected chi connectivity index (χ2v) is 7.22. The van der Waals surface area contributed by atoms with E-state index in [1.165, 1.54) is 5.56 Å². The number of benzene rings is 2. The lowest BCUT2D eigenvalue weighted by Gasteiger charge is -2.34. The molecule has 1 amide bonds. The number of nitrogens with zero attached hydrogens (tertiary/aromatic N) is 2. The molecule has 2 aromatic rings. The van der Waals surface area contributed by atoms with Crippen LogP contribution in [0, 0.1) is 0 Å². The molecule has 1 aliphatic rings. The van der Waals surface area contributed by atoms with Crippen LogP contribution in [0.2, 0.25) is 0 Å². The lowest BCUT2D eigenvalue weighted by molar-refractivity contribution is -0.116. The van der Waals surface area contributed by atoms with Crippen LogP contribution in [0.1, 0.15) is 25.3 Å². The SMILES string of the molecule is CCN1CCN(Cc2ccc(NC(=O)CCCOc3ccccc3)cc2)CC1. The third kappa shape index (κ3) is 6.66. The molecular weight excluding hydrogens is 350 g/mol. The second-order valence-electron chi connectivity index (χ2n) is 7.22. The van der Waals surface area contributed by atoms with Gasteiger partial charge in [0.1, 0.15) is 5.75 Å². The summed E-state index contributed by atoms with van der Waals surface area (Å²) in [6, 6.07) is 17.9. The Morgan fingerprint density at radius 2 is 1.64 bits per heavy atom. The highest BCUT2D eigenvalue weighted by molar-refractivity contribution is 5.90. The fourth-order valence-electron chi connectivity index (χ4n) is 3.38. The van der Waals surface area contributed by atoms with Crippen LogP contribution in [0.25, 0.3) is 0 Å². The minimum Gasteiger partial charge on any atom is -0.494 e. The number of ether oxygens (including phenoxy) is 1. The zero-order valence-corrected chi connectivity index (χ0v) is 16.8. The molecule has 1 saturated heterocycles. The summed E-state index contributed by atoms with van der Waals surface area (Å²) in [6.45, 7) is 9.43. The lowest BCUT2D eigenvalue weighted by atomic mass is 10.1. The van der Waals surface area contributed by atoms with Crippen molar-refractivity contribution in [2.45, 2.75) is 26.3 Å². The number of likely N-dealkylation sites (N-methyl/N-ethyl adjacent to an activating group) is 1. The van der Waals surface area contributed by atoms with Crippen LogP contribution in [0.3, 0.4) is 0 Å². The van der Waals surface area contributed by atoms with Crippen LogP contribution < -0.4 is 10.1 Å². The molecule has 1 aliphatic heterocycles. The topological polar surface area (TPSA) is 44.8 Å². The number of para-hydroxylation sites is 1. The van der Waals surface area contributed by atoms with Gasteiger partial charge < -0.3 is 15.0 Å². The fraction of sp³-hybridized carbons (Fsp3) is 0.435. The summed E-state index contributed by atoms with van der Waals surface area (Å²) < 4.78 is 5.62. The average molecular weight is 382 g/mol. The van der Waals surface area contributed by atoms with Gasteiger partial charge in [-0.3, -0.25) is 9.69 Å². The first kappa shape index (κ1) is 20.4. The van der Waals surface area contributed by atoms with Gasteiger partial charge in [-0.1, -0.05) is 37.3 Å². The van der Waals surface area contributed by atoms with E-state index in [2.05, 4.69) is 34.2 Å². The van der Waals surface area contributed by atoms with E-state index < -0.39 is 0 Å². The second kappa shape index (κ2) is 10.8. The van der Waals surface area contributed by atoms with E-state index >= 15 is 0 Å². The third-order valence-corrected chi connectivity index (χ3v) is 5.12. The van der Waals surface area contributed by atoms with Crippen LogP contribution >= 0.6 is 0 Å². The highest BCUT2D eigenvalue weighted by Gasteiger charge is 2.15. The van der Waals surface area contributed by atoms with Gasteiger partial charge in [-0.25, -0.2) is 0 Å². The van der Waals surface area contributed by atoms with Crippen molar-refractivity contribution in [1.82, 2.24) is 9.80 Å². The van der Waals surface area contributed by atoms with Gasteiger partial charge in [-0.2, -0.15) is 0 Å². The number of piperazine rings is 1. The molecule has 0 saturated carbocycles. The highest BCUT2D eigenvalue weighted by atomic mass is 16.5. The zero-order chi connectivity index (χ0) is 19.6. The van der Waals surface area contributed by atoms with Gasteiger partial charge in [0.15, 0.2) is 0 Å². The van der Waals surface area contributed by atoms with Crippen molar-refractivity contribution in [2.24, 2.45) is 0 Å². The summed E-state index contributed by atoms with van der Waals surface area (Å²) in [5.41, 5.74) is 2.15. The van der Waals surface area contributed by atoms with Crippen LogP contribution in [0.5, 0.6) is 5.75 Å². The third-order valence-electron chi connectivity index (χ3n) is 5.12. The van der Waals surface area contributed by atoms with Gasteiger partial charge in [0, 0.05) is 44.8 Å². The highest BCUT2D eigenvalue weighted by Crippen LogP contribution is 2.14. The van der Waals surface area contributed by atoms with Crippen molar-refractivity contribution in [3.63, 3.8) is 0 Å². The molecular formula is C23H31N3O2. The molecule has 1 heterocycles. The van der Waals surface area contributed by atoms with E-state index in [4.69, 9.17) is 4.74 Å². The van der Waals surface area contributed by atoms with E-state index in [0.29, 0.717) is 19.4 Å². The Morgan fingerprint density at radius 1 is 0.964 bits per heavy atom. The monoisotopic (exact) mass is 381 g/mol. The smallest absolute Gasteiger partial charge is 0.224 e. The standard InChI is InChI=1S/C23H31N3O2/c1-2-25-14-16-26(17-15-25)19-20-10-12-21(13-11-20)24-23(27)9-6-18-28-22-7-4-3-5-8-22/h3-5,7-8,10-13H,2,6,9,14-19H2,1H3,(H,24,27). The largest absolute Gasteiger partial charge is 0.494 e. The molecule has 150 valence electrons. The maximum absolute atomic E-state index is 12.1. The normalized spacial score (nSPS) is 15.3. The number of carbonyl (C=O) groups is 1. The van der Waals surface area contributed by atoms with Gasteiger partial charge in [0.25, 0.3) is 0 Å². The molecule has 0 atom stereocenters. The number of anilines is 1. The average Bonchev–Trinajstić information content (AvgIpc) is 2.74. The molecule has 0 aromatic heterocycles. The molecule has 0 spiro atoms. The van der Waals surface area contributed by atoms with Crippen molar-refractivity contribution in [3.8, 4) is 5.75 Å². The van der Waals surface area contributed by atoms with Gasteiger partial charge in [-0.15, -0.1) is 0 Å². The first-order valence-corrected chi connectivity index (χ1v) is 10.2. The number of carbonyl (C=O) groups excluding carboxylic acids is 1. The van der Waals surface area contributed by atoms with Crippen molar-refractivity contribution in [2.75, 3.05) is 44.6 Å². The van der Waals surface area contributed by atoms with Crippen LogP contribution in [0.15, 0.2) is 54.6 Å². The van der Waals surface area contributed by atoms with E-state index in [9.17, 15) is 4.79 Å². The van der Waals surface area contributed by atoms with E-state index in [0.717, 1.165) is 50.7 Å². The van der Waals surface area contributed by atoms with E-state index in [1.807, 2.05) is 42.5 Å². The zero-order valence-electron chi connectivity index (χ0n) is 16.8. The fourth-order valence-corrected chi connectivity index (χ4v) is 3.38. The van der Waals surface area contributed by atoms with E-state index in [-0.39, 0.29) is 5.91 Å². The molecule has 0 aliphatic carbocycles. The Labute approximate surface area is 168 Å². The number of hydrogen-bond acceptors (Lipinski definition) is 4. The summed E-state index contributed by atoms with van der Waals surface area (Å²) >= 11 is 0. The molecule has 5 heteroatoms. The molecule has 1 fully saturated rings. The summed E-state index contributed by atoms with van der Waals surface area (Å²) in [4.78, 5) is 17.1. The predicted molar refractivity (Wildman–Crippen MR) is 114 cm³/mol. The van der Waals surface area contributed by atoms with E-state index in [1.54, 1.807) is 0 Å². The number of nitrogens with one attached hydrogen (secondary N) is 1. The van der Waals surface area contributed by atoms with Gasteiger partial charge in [0.05, 0.1) is 6.61 Å². The minimum absolute atomic E-state index is 0.0279. The van der Waals surface area contributed by atoms with Crippen molar-refractivity contribution in [3.05, 3.63) is 60.2 Å². The molecule has 2 aromatic carbocycles. The van der Waals surface area contributed by atoms with Crippen LogP contribution in [0.4, 0.5) is 5.69 Å². The molecule has 0 unspecified atom stereocenters. The summed E-state index contributed by atoms with van der Waals surface area (Å²) in [6.07, 6.45) is 1.15. The number of rotatable bonds is 9. The van der Waals surface area contributed by atoms with Gasteiger partial charge in [0.2, 0.25) is 5.91 Å². The Balaban J connectivity index is 1.35. The van der Waals surface area contributed by atoms with Crippen molar-refractivity contribution >= 4 is 11.6 Å². The quantitative estimate of drug-likeness (QED) is 0.674. The number of hydrogen-bond donors (Lipinski definition) is 1. The first-order chi connectivity index (χ1) is 13.7. The van der Waals surface area contributed by atoms with Crippen LogP contribution in [-0.2, 0) is 11.3 Å². The summed E-state index contributed by atoms with van der Waals surface area (Å²) in [5, 5.41) is 2.97. The molecule has 0 radical (unpaired) electrons. The Bertz CT molecular complexity index is 710. The minimum atomic E-state index is 0.0279. The first-order valence-electron chi connectivity index (χ1n) is 10.2. The maximum Gasteiger partial charge on any atom is 0.224 e. The Hall–Kier alpha value is -2.37. The number of amides is 1. The van der Waals surface area contributed by atoms with Gasteiger partial charge >= 0.3 is 0 Å². The van der Waals surface area contributed by atoms with Crippen molar-refractivity contribution < 1.29 is 9.53 Å². The van der Waals surface area contributed by atoms with Gasteiger partial charge in [-0.05, 0) is 42.8 Å². The van der Waals surface area contributed by atoms with Crippen molar-refractivity contribution in [1.29, 1.82) is 0 Å². The predicted octanol–water partition coefficient (Wildman–Crippen LogP) is 3.62. The lowest BCUT2D eigenvalue weighted by Crippen LogP contribution is -2.45. The molecule has 1 N–H and O–H groups in total. The molecule has 3 rings (SSSR count).